The lowest BCUT2D eigenvalue weighted by Crippen LogP contribution is -2.01. The summed E-state index contributed by atoms with van der Waals surface area (Å²) >= 11 is 0. The molecule has 0 saturated carbocycles. The van der Waals surface area contributed by atoms with Gasteiger partial charge in [0.2, 0.25) is 18.5 Å². The first-order chi connectivity index (χ1) is 9.80. The molecule has 1 aromatic carbocycles. The molecule has 5 heteroatoms. The van der Waals surface area contributed by atoms with Gasteiger partial charge in [-0.05, 0) is 24.1 Å². The number of aromatic nitrogens is 2. The van der Waals surface area contributed by atoms with E-state index in [2.05, 4.69) is 24.0 Å². The summed E-state index contributed by atoms with van der Waals surface area (Å²) in [5.41, 5.74) is 0.883. The Balaban J connectivity index is 1.79. The summed E-state index contributed by atoms with van der Waals surface area (Å²) in [6.45, 7) is 4.64. The van der Waals surface area contributed by atoms with Crippen molar-refractivity contribution in [1.29, 1.82) is 0 Å². The molecule has 0 aliphatic carbocycles. The van der Waals surface area contributed by atoms with Crippen LogP contribution in [0.25, 0.3) is 11.4 Å². The summed E-state index contributed by atoms with van der Waals surface area (Å²) in [4.78, 5) is 4.47. The molecule has 0 bridgehead atoms. The number of rotatable bonds is 5. The van der Waals surface area contributed by atoms with Crippen LogP contribution in [0.3, 0.4) is 0 Å². The molecule has 0 fully saturated rings. The minimum Gasteiger partial charge on any atom is -0.454 e. The molecule has 0 unspecified atom stereocenters. The van der Waals surface area contributed by atoms with Crippen molar-refractivity contribution in [3.8, 4) is 22.9 Å². The van der Waals surface area contributed by atoms with Gasteiger partial charge in [0.15, 0.2) is 11.5 Å². The first kappa shape index (κ1) is 13.0. The minimum absolute atomic E-state index is 0.269. The van der Waals surface area contributed by atoms with Gasteiger partial charge in [0, 0.05) is 12.0 Å². The van der Waals surface area contributed by atoms with Crippen molar-refractivity contribution in [2.75, 3.05) is 6.79 Å². The van der Waals surface area contributed by atoms with Crippen LogP contribution in [0, 0.1) is 5.92 Å². The third kappa shape index (κ3) is 2.48. The minimum atomic E-state index is 0.269. The third-order valence-corrected chi connectivity index (χ3v) is 3.72. The van der Waals surface area contributed by atoms with E-state index >= 15 is 0 Å². The number of nitrogens with zero attached hydrogens (tertiary/aromatic N) is 2. The van der Waals surface area contributed by atoms with Crippen LogP contribution in [-0.4, -0.2) is 16.9 Å². The van der Waals surface area contributed by atoms with E-state index in [4.69, 9.17) is 14.0 Å². The molecule has 5 nitrogen and oxygen atoms in total. The molecular formula is C15H18N2O3. The molecule has 0 saturated heterocycles. The van der Waals surface area contributed by atoms with Gasteiger partial charge in [-0.3, -0.25) is 0 Å². The third-order valence-electron chi connectivity index (χ3n) is 3.72. The topological polar surface area (TPSA) is 57.4 Å². The Hall–Kier alpha value is -2.04. The van der Waals surface area contributed by atoms with Gasteiger partial charge < -0.3 is 14.0 Å². The highest BCUT2D eigenvalue weighted by molar-refractivity contribution is 5.61. The van der Waals surface area contributed by atoms with Crippen molar-refractivity contribution in [2.45, 2.75) is 33.1 Å². The van der Waals surface area contributed by atoms with Gasteiger partial charge in [0.25, 0.3) is 0 Å². The molecule has 106 valence electrons. The molecule has 0 spiro atoms. The summed E-state index contributed by atoms with van der Waals surface area (Å²) in [5, 5.41) is 4.05. The van der Waals surface area contributed by atoms with Crippen molar-refractivity contribution >= 4 is 0 Å². The maximum atomic E-state index is 5.36. The Kier molecular flexibility index (Phi) is 3.58. The van der Waals surface area contributed by atoms with E-state index in [-0.39, 0.29) is 6.79 Å². The Morgan fingerprint density at radius 3 is 2.75 bits per heavy atom. The lowest BCUT2D eigenvalue weighted by atomic mass is 10.00. The maximum Gasteiger partial charge on any atom is 0.231 e. The van der Waals surface area contributed by atoms with Crippen LogP contribution in [0.5, 0.6) is 11.5 Å². The van der Waals surface area contributed by atoms with E-state index in [1.807, 2.05) is 18.2 Å². The molecule has 2 aromatic rings. The van der Waals surface area contributed by atoms with Crippen LogP contribution >= 0.6 is 0 Å². The summed E-state index contributed by atoms with van der Waals surface area (Å²) < 4.78 is 16.0. The maximum absolute atomic E-state index is 5.36. The van der Waals surface area contributed by atoms with Crippen LogP contribution in [0.15, 0.2) is 22.7 Å². The fourth-order valence-electron chi connectivity index (χ4n) is 2.31. The molecular weight excluding hydrogens is 256 g/mol. The molecule has 20 heavy (non-hydrogen) atoms. The summed E-state index contributed by atoms with van der Waals surface area (Å²) in [6.07, 6.45) is 3.08. The highest BCUT2D eigenvalue weighted by Crippen LogP contribution is 2.35. The van der Waals surface area contributed by atoms with E-state index in [0.29, 0.717) is 17.6 Å². The Morgan fingerprint density at radius 1 is 1.15 bits per heavy atom. The number of hydrogen-bond donors (Lipinski definition) is 0. The van der Waals surface area contributed by atoms with Crippen molar-refractivity contribution in [3.05, 3.63) is 24.1 Å². The zero-order valence-corrected chi connectivity index (χ0v) is 11.8. The molecule has 1 aliphatic rings. The van der Waals surface area contributed by atoms with Gasteiger partial charge >= 0.3 is 0 Å². The number of ether oxygens (including phenoxy) is 2. The fourth-order valence-corrected chi connectivity index (χ4v) is 2.31. The smallest absolute Gasteiger partial charge is 0.231 e. The zero-order chi connectivity index (χ0) is 13.9. The SMILES string of the molecule is CCC(CC)Cc1nc(-c2ccc3c(c2)OCO3)no1. The van der Waals surface area contributed by atoms with Crippen LogP contribution in [0.4, 0.5) is 0 Å². The molecule has 1 aromatic heterocycles. The quantitative estimate of drug-likeness (QED) is 0.835. The fraction of sp³-hybridized carbons (Fsp3) is 0.467. The number of hydrogen-bond acceptors (Lipinski definition) is 5. The van der Waals surface area contributed by atoms with Crippen LogP contribution in [0.1, 0.15) is 32.6 Å². The summed E-state index contributed by atoms with van der Waals surface area (Å²) in [5.74, 6) is 3.39. The van der Waals surface area contributed by atoms with E-state index in [0.717, 1.165) is 36.3 Å². The molecule has 0 N–H and O–H groups in total. The first-order valence-corrected chi connectivity index (χ1v) is 7.02. The lowest BCUT2D eigenvalue weighted by Gasteiger charge is -2.07. The van der Waals surface area contributed by atoms with Crippen LogP contribution in [0.2, 0.25) is 0 Å². The van der Waals surface area contributed by atoms with Crippen molar-refractivity contribution < 1.29 is 14.0 Å². The second-order valence-electron chi connectivity index (χ2n) is 4.97. The molecule has 1 aliphatic heterocycles. The van der Waals surface area contributed by atoms with Crippen LogP contribution < -0.4 is 9.47 Å². The van der Waals surface area contributed by atoms with Gasteiger partial charge in [0.1, 0.15) is 0 Å². The van der Waals surface area contributed by atoms with Gasteiger partial charge in [-0.15, -0.1) is 0 Å². The van der Waals surface area contributed by atoms with Crippen molar-refractivity contribution in [2.24, 2.45) is 5.92 Å². The lowest BCUT2D eigenvalue weighted by molar-refractivity contribution is 0.174. The first-order valence-electron chi connectivity index (χ1n) is 7.02. The second-order valence-corrected chi connectivity index (χ2v) is 4.97. The average Bonchev–Trinajstić information content (AvgIpc) is 3.12. The Bertz CT molecular complexity index is 591. The number of benzene rings is 1. The molecule has 3 rings (SSSR count). The number of fused-ring (bicyclic) bond motifs is 1. The predicted octanol–water partition coefficient (Wildman–Crippen LogP) is 3.44. The van der Waals surface area contributed by atoms with E-state index < -0.39 is 0 Å². The van der Waals surface area contributed by atoms with Gasteiger partial charge in [-0.2, -0.15) is 4.98 Å². The van der Waals surface area contributed by atoms with E-state index in [9.17, 15) is 0 Å². The molecule has 0 amide bonds. The highest BCUT2D eigenvalue weighted by Gasteiger charge is 2.17. The molecule has 0 atom stereocenters. The molecule has 2 heterocycles. The zero-order valence-electron chi connectivity index (χ0n) is 11.8. The predicted molar refractivity (Wildman–Crippen MR) is 73.6 cm³/mol. The van der Waals surface area contributed by atoms with E-state index in [1.165, 1.54) is 0 Å². The largest absolute Gasteiger partial charge is 0.454 e. The highest BCUT2D eigenvalue weighted by atomic mass is 16.7. The summed E-state index contributed by atoms with van der Waals surface area (Å²) in [7, 11) is 0. The van der Waals surface area contributed by atoms with Crippen LogP contribution in [-0.2, 0) is 6.42 Å². The second kappa shape index (κ2) is 5.53. The monoisotopic (exact) mass is 274 g/mol. The van der Waals surface area contributed by atoms with E-state index in [1.54, 1.807) is 0 Å². The standard InChI is InChI=1S/C15H18N2O3/c1-3-10(4-2)7-14-16-15(17-20-14)11-5-6-12-13(8-11)19-9-18-12/h5-6,8,10H,3-4,7,9H2,1-2H3. The molecule has 0 radical (unpaired) electrons. The van der Waals surface area contributed by atoms with Gasteiger partial charge in [0.05, 0.1) is 0 Å². The average molecular weight is 274 g/mol. The van der Waals surface area contributed by atoms with Gasteiger partial charge in [-0.1, -0.05) is 31.8 Å². The van der Waals surface area contributed by atoms with Gasteiger partial charge in [-0.25, -0.2) is 0 Å². The van der Waals surface area contributed by atoms with Crippen molar-refractivity contribution in [1.82, 2.24) is 10.1 Å². The summed E-state index contributed by atoms with van der Waals surface area (Å²) in [6, 6.07) is 5.67. The van der Waals surface area contributed by atoms with Crippen molar-refractivity contribution in [3.63, 3.8) is 0 Å². The Labute approximate surface area is 117 Å². The Morgan fingerprint density at radius 2 is 1.95 bits per heavy atom. The normalized spacial score (nSPS) is 13.2.